The second-order valence-electron chi connectivity index (χ2n) is 4.61. The Morgan fingerprint density at radius 2 is 2.12 bits per heavy atom. The topological polar surface area (TPSA) is 20.3 Å². The summed E-state index contributed by atoms with van der Waals surface area (Å²) in [5.41, 5.74) is 1.11. The Bertz CT molecular complexity index is 428. The van der Waals surface area contributed by atoms with E-state index in [1.807, 2.05) is 28.8 Å². The van der Waals surface area contributed by atoms with Gasteiger partial charge in [0.1, 0.15) is 0 Å². The molecule has 0 N–H and O–H groups in total. The average Bonchev–Trinajstić information content (AvgIpc) is 3.12. The molecule has 1 aliphatic heterocycles. The number of hydrogen-bond donors (Lipinski definition) is 0. The van der Waals surface area contributed by atoms with E-state index in [-0.39, 0.29) is 0 Å². The first-order valence-electron chi connectivity index (χ1n) is 5.82. The van der Waals surface area contributed by atoms with Crippen molar-refractivity contribution in [3.8, 4) is 0 Å². The number of rotatable bonds is 1. The molecule has 1 aromatic rings. The second kappa shape index (κ2) is 3.81. The molecule has 0 bridgehead atoms. The highest BCUT2D eigenvalue weighted by Crippen LogP contribution is 2.41. The largest absolute Gasteiger partial charge is 0.307 e. The first kappa shape index (κ1) is 10.2. The van der Waals surface area contributed by atoms with Gasteiger partial charge in [0.15, 0.2) is 0 Å². The van der Waals surface area contributed by atoms with E-state index in [0.717, 1.165) is 24.3 Å². The molecule has 1 heterocycles. The van der Waals surface area contributed by atoms with E-state index in [9.17, 15) is 4.79 Å². The lowest BCUT2D eigenvalue weighted by molar-refractivity contribution is -0.120. The van der Waals surface area contributed by atoms with Gasteiger partial charge in [-0.3, -0.25) is 4.79 Å². The molecule has 3 heteroatoms. The molecule has 1 atom stereocenters. The van der Waals surface area contributed by atoms with Gasteiger partial charge in [-0.25, -0.2) is 0 Å². The van der Waals surface area contributed by atoms with Crippen LogP contribution in [0.15, 0.2) is 29.2 Å². The quantitative estimate of drug-likeness (QED) is 0.743. The van der Waals surface area contributed by atoms with E-state index in [2.05, 4.69) is 19.1 Å². The minimum absolute atomic E-state index is 0.304. The summed E-state index contributed by atoms with van der Waals surface area (Å²) in [5.74, 6) is 1.65. The van der Waals surface area contributed by atoms with Crippen molar-refractivity contribution < 1.29 is 4.79 Å². The number of benzene rings is 1. The van der Waals surface area contributed by atoms with Crippen molar-refractivity contribution >= 4 is 23.4 Å². The summed E-state index contributed by atoms with van der Waals surface area (Å²) in [6.45, 7) is 2.14. The first-order chi connectivity index (χ1) is 7.77. The van der Waals surface area contributed by atoms with Gasteiger partial charge in [-0.05, 0) is 31.9 Å². The van der Waals surface area contributed by atoms with Crippen LogP contribution in [0.3, 0.4) is 0 Å². The Balaban J connectivity index is 1.99. The van der Waals surface area contributed by atoms with Crippen LogP contribution in [0.4, 0.5) is 5.69 Å². The van der Waals surface area contributed by atoms with Gasteiger partial charge >= 0.3 is 0 Å². The number of thioether (sulfide) groups is 1. The highest BCUT2D eigenvalue weighted by atomic mass is 32.2. The van der Waals surface area contributed by atoms with Crippen molar-refractivity contribution in [3.63, 3.8) is 0 Å². The van der Waals surface area contributed by atoms with Crippen molar-refractivity contribution in [1.82, 2.24) is 0 Å². The van der Waals surface area contributed by atoms with Crippen LogP contribution in [0.1, 0.15) is 19.8 Å². The number of para-hydroxylation sites is 1. The number of hydrogen-bond acceptors (Lipinski definition) is 2. The zero-order valence-corrected chi connectivity index (χ0v) is 10.2. The normalized spacial score (nSPS) is 24.1. The summed E-state index contributed by atoms with van der Waals surface area (Å²) in [6.07, 6.45) is 2.16. The number of nitrogens with zero attached hydrogens (tertiary/aromatic N) is 1. The van der Waals surface area contributed by atoms with Gasteiger partial charge in [-0.1, -0.05) is 12.1 Å². The lowest BCUT2D eigenvalue weighted by Gasteiger charge is -2.34. The van der Waals surface area contributed by atoms with E-state index in [0.29, 0.717) is 17.9 Å². The number of carbonyl (C=O) groups excluding carboxylic acids is 1. The second-order valence-corrected chi connectivity index (χ2v) is 5.67. The van der Waals surface area contributed by atoms with Crippen LogP contribution in [0, 0.1) is 5.92 Å². The van der Waals surface area contributed by atoms with Crippen molar-refractivity contribution in [1.29, 1.82) is 0 Å². The van der Waals surface area contributed by atoms with E-state index >= 15 is 0 Å². The summed E-state index contributed by atoms with van der Waals surface area (Å²) in [5, 5.41) is 0. The van der Waals surface area contributed by atoms with Gasteiger partial charge in [0.05, 0.1) is 5.69 Å². The molecule has 1 aromatic carbocycles. The summed E-state index contributed by atoms with van der Waals surface area (Å²) in [4.78, 5) is 15.5. The molecule has 0 saturated heterocycles. The van der Waals surface area contributed by atoms with Crippen LogP contribution < -0.4 is 4.90 Å². The molecule has 1 aliphatic carbocycles. The van der Waals surface area contributed by atoms with Crippen molar-refractivity contribution in [2.75, 3.05) is 10.7 Å². The molecule has 2 nitrogen and oxygen atoms in total. The fraction of sp³-hybridized carbons (Fsp3) is 0.462. The van der Waals surface area contributed by atoms with Crippen LogP contribution in [0.25, 0.3) is 0 Å². The zero-order chi connectivity index (χ0) is 11.1. The molecule has 1 unspecified atom stereocenters. The molecule has 0 radical (unpaired) electrons. The van der Waals surface area contributed by atoms with E-state index in [1.54, 1.807) is 0 Å². The summed E-state index contributed by atoms with van der Waals surface area (Å²) < 4.78 is 0. The number of amides is 1. The van der Waals surface area contributed by atoms with Gasteiger partial charge in [0.2, 0.25) is 5.91 Å². The average molecular weight is 233 g/mol. The smallest absolute Gasteiger partial charge is 0.230 e. The SMILES string of the molecule is CC1CSc2ccccc2N1C(=O)C1CC1. The predicted octanol–water partition coefficient (Wildman–Crippen LogP) is 2.92. The van der Waals surface area contributed by atoms with E-state index in [4.69, 9.17) is 0 Å². The number of fused-ring (bicyclic) bond motifs is 1. The zero-order valence-electron chi connectivity index (χ0n) is 9.35. The maximum absolute atomic E-state index is 12.3. The van der Waals surface area contributed by atoms with Crippen LogP contribution in [-0.4, -0.2) is 17.7 Å². The monoisotopic (exact) mass is 233 g/mol. The van der Waals surface area contributed by atoms with Gasteiger partial charge < -0.3 is 4.90 Å². The van der Waals surface area contributed by atoms with Gasteiger partial charge in [0.25, 0.3) is 0 Å². The first-order valence-corrected chi connectivity index (χ1v) is 6.81. The predicted molar refractivity (Wildman–Crippen MR) is 66.8 cm³/mol. The molecule has 0 spiro atoms. The third-order valence-electron chi connectivity index (χ3n) is 3.21. The molecular weight excluding hydrogens is 218 g/mol. The molecular formula is C13H15NOS. The fourth-order valence-electron chi connectivity index (χ4n) is 2.16. The summed E-state index contributed by atoms with van der Waals surface area (Å²) in [7, 11) is 0. The van der Waals surface area contributed by atoms with Gasteiger partial charge in [-0.2, -0.15) is 0 Å². The van der Waals surface area contributed by atoms with Gasteiger partial charge in [-0.15, -0.1) is 11.8 Å². The molecule has 1 fully saturated rings. The molecule has 1 saturated carbocycles. The lowest BCUT2D eigenvalue weighted by Crippen LogP contribution is -2.43. The van der Waals surface area contributed by atoms with Crippen molar-refractivity contribution in [2.24, 2.45) is 5.92 Å². The molecule has 2 aliphatic rings. The maximum atomic E-state index is 12.3. The summed E-state index contributed by atoms with van der Waals surface area (Å²) in [6, 6.07) is 8.57. The van der Waals surface area contributed by atoms with E-state index < -0.39 is 0 Å². The van der Waals surface area contributed by atoms with Crippen LogP contribution >= 0.6 is 11.8 Å². The molecule has 1 amide bonds. The molecule has 3 rings (SSSR count). The lowest BCUT2D eigenvalue weighted by atomic mass is 10.2. The number of carbonyl (C=O) groups is 1. The third-order valence-corrected chi connectivity index (χ3v) is 4.51. The minimum atomic E-state index is 0.304. The van der Waals surface area contributed by atoms with Crippen LogP contribution in [0.2, 0.25) is 0 Å². The van der Waals surface area contributed by atoms with Crippen LogP contribution in [0.5, 0.6) is 0 Å². The van der Waals surface area contributed by atoms with Gasteiger partial charge in [0, 0.05) is 22.6 Å². The molecule has 16 heavy (non-hydrogen) atoms. The minimum Gasteiger partial charge on any atom is -0.307 e. The molecule has 84 valence electrons. The number of anilines is 1. The van der Waals surface area contributed by atoms with Crippen LogP contribution in [-0.2, 0) is 4.79 Å². The Morgan fingerprint density at radius 3 is 2.88 bits per heavy atom. The Morgan fingerprint density at radius 1 is 1.38 bits per heavy atom. The van der Waals surface area contributed by atoms with Crippen molar-refractivity contribution in [2.45, 2.75) is 30.7 Å². The Labute approximate surface area is 100 Å². The standard InChI is InChI=1S/C13H15NOS/c1-9-8-16-12-5-3-2-4-11(12)14(9)13(15)10-6-7-10/h2-5,9-10H,6-8H2,1H3. The highest BCUT2D eigenvalue weighted by molar-refractivity contribution is 7.99. The molecule has 0 aromatic heterocycles. The van der Waals surface area contributed by atoms with Crippen molar-refractivity contribution in [3.05, 3.63) is 24.3 Å². The Kier molecular flexibility index (Phi) is 2.43. The third kappa shape index (κ3) is 1.63. The maximum Gasteiger partial charge on any atom is 0.230 e. The van der Waals surface area contributed by atoms with E-state index in [1.165, 1.54) is 4.90 Å². The highest BCUT2D eigenvalue weighted by Gasteiger charge is 2.38. The Hall–Kier alpha value is -0.960. The fourth-order valence-corrected chi connectivity index (χ4v) is 3.22. The summed E-state index contributed by atoms with van der Waals surface area (Å²) >= 11 is 1.86.